The molecular formula is C16H24N3O2+. The van der Waals surface area contributed by atoms with E-state index in [-0.39, 0.29) is 11.8 Å². The predicted octanol–water partition coefficient (Wildman–Crippen LogP) is -0.235. The van der Waals surface area contributed by atoms with Crippen LogP contribution in [-0.4, -0.2) is 38.0 Å². The summed E-state index contributed by atoms with van der Waals surface area (Å²) in [6.45, 7) is 6.34. The number of hydrogen-bond donors (Lipinski definition) is 3. The first kappa shape index (κ1) is 15.5. The van der Waals surface area contributed by atoms with E-state index in [0.29, 0.717) is 19.6 Å². The van der Waals surface area contributed by atoms with Gasteiger partial charge in [0.15, 0.2) is 13.1 Å². The monoisotopic (exact) mass is 290 g/mol. The normalized spacial score (nSPS) is 18.2. The summed E-state index contributed by atoms with van der Waals surface area (Å²) in [5.74, 6) is 0.00237. The van der Waals surface area contributed by atoms with Crippen molar-refractivity contribution in [1.82, 2.24) is 5.32 Å². The fourth-order valence-electron chi connectivity index (χ4n) is 2.72. The lowest BCUT2D eigenvalue weighted by Gasteiger charge is -2.23. The van der Waals surface area contributed by atoms with Gasteiger partial charge in [0.1, 0.15) is 0 Å². The lowest BCUT2D eigenvalue weighted by Crippen LogP contribution is -3.16. The highest BCUT2D eigenvalue weighted by Gasteiger charge is 2.22. The van der Waals surface area contributed by atoms with Crippen LogP contribution in [0.5, 0.6) is 0 Å². The van der Waals surface area contributed by atoms with Crippen LogP contribution in [0.1, 0.15) is 25.0 Å². The van der Waals surface area contributed by atoms with Crippen molar-refractivity contribution < 1.29 is 14.5 Å². The van der Waals surface area contributed by atoms with Crippen LogP contribution in [0.3, 0.4) is 0 Å². The summed E-state index contributed by atoms with van der Waals surface area (Å²) >= 11 is 0. The van der Waals surface area contributed by atoms with Crippen molar-refractivity contribution in [2.45, 2.75) is 26.7 Å². The van der Waals surface area contributed by atoms with Gasteiger partial charge >= 0.3 is 0 Å². The quantitative estimate of drug-likeness (QED) is 0.701. The number of rotatable bonds is 5. The van der Waals surface area contributed by atoms with Gasteiger partial charge in [0.25, 0.3) is 11.8 Å². The third-order valence-corrected chi connectivity index (χ3v) is 3.89. The van der Waals surface area contributed by atoms with Gasteiger partial charge in [0.05, 0.1) is 13.1 Å². The minimum atomic E-state index is -0.0182. The van der Waals surface area contributed by atoms with Crippen LogP contribution >= 0.6 is 0 Å². The number of carbonyl (C=O) groups excluding carboxylic acids is 2. The molecular weight excluding hydrogens is 266 g/mol. The Balaban J connectivity index is 2.03. The lowest BCUT2D eigenvalue weighted by molar-refractivity contribution is -0.885. The van der Waals surface area contributed by atoms with Gasteiger partial charge in [0.2, 0.25) is 0 Å². The Morgan fingerprint density at radius 3 is 2.52 bits per heavy atom. The Morgan fingerprint density at radius 1 is 1.29 bits per heavy atom. The van der Waals surface area contributed by atoms with E-state index in [1.54, 1.807) is 0 Å². The maximum Gasteiger partial charge on any atom is 0.279 e. The van der Waals surface area contributed by atoms with Gasteiger partial charge in [-0.3, -0.25) is 9.59 Å². The lowest BCUT2D eigenvalue weighted by atomic mass is 10.0. The number of quaternary nitrogens is 1. The second-order valence-electron chi connectivity index (χ2n) is 5.41. The summed E-state index contributed by atoms with van der Waals surface area (Å²) in [6, 6.07) is 6.14. The molecule has 3 N–H and O–H groups in total. The maximum atomic E-state index is 12.3. The molecule has 1 heterocycles. The molecule has 114 valence electrons. The molecule has 5 nitrogen and oxygen atoms in total. The van der Waals surface area contributed by atoms with Crippen molar-refractivity contribution in [3.8, 4) is 0 Å². The highest BCUT2D eigenvalue weighted by atomic mass is 16.2. The molecule has 0 aromatic heterocycles. The van der Waals surface area contributed by atoms with E-state index < -0.39 is 0 Å². The molecule has 1 fully saturated rings. The molecule has 1 saturated heterocycles. The minimum absolute atomic E-state index is 0.0182. The highest BCUT2D eigenvalue weighted by molar-refractivity contribution is 5.93. The van der Waals surface area contributed by atoms with Crippen LogP contribution < -0.4 is 15.5 Å². The van der Waals surface area contributed by atoms with Gasteiger partial charge in [-0.25, -0.2) is 0 Å². The summed E-state index contributed by atoms with van der Waals surface area (Å²) in [5.41, 5.74) is 3.27. The number of piperazine rings is 1. The topological polar surface area (TPSA) is 62.6 Å². The number of anilines is 1. The Bertz CT molecular complexity index is 506. The van der Waals surface area contributed by atoms with Crippen LogP contribution in [0.2, 0.25) is 0 Å². The Kier molecular flexibility index (Phi) is 5.33. The van der Waals surface area contributed by atoms with E-state index in [9.17, 15) is 9.59 Å². The standard InChI is InChI=1S/C16H23N3O2/c1-3-12-6-5-7-13(4-2)16(12)18-15(21)11-19-9-8-17-14(20)10-19/h5-7H,3-4,8-11H2,1-2H3,(H,17,20)(H,18,21)/p+1. The molecule has 0 aliphatic carbocycles. The van der Waals surface area contributed by atoms with E-state index in [1.807, 2.05) is 6.07 Å². The largest absolute Gasteiger partial charge is 0.346 e. The smallest absolute Gasteiger partial charge is 0.279 e. The minimum Gasteiger partial charge on any atom is -0.346 e. The first-order chi connectivity index (χ1) is 10.1. The summed E-state index contributed by atoms with van der Waals surface area (Å²) in [4.78, 5) is 24.6. The first-order valence-corrected chi connectivity index (χ1v) is 7.64. The summed E-state index contributed by atoms with van der Waals surface area (Å²) in [5, 5.41) is 5.83. The molecule has 21 heavy (non-hydrogen) atoms. The predicted molar refractivity (Wildman–Crippen MR) is 82.4 cm³/mol. The molecule has 0 saturated carbocycles. The van der Waals surface area contributed by atoms with E-state index >= 15 is 0 Å². The molecule has 0 bridgehead atoms. The zero-order valence-electron chi connectivity index (χ0n) is 12.8. The molecule has 2 rings (SSSR count). The molecule has 5 heteroatoms. The van der Waals surface area contributed by atoms with Gasteiger partial charge in [-0.2, -0.15) is 0 Å². The zero-order chi connectivity index (χ0) is 15.2. The van der Waals surface area contributed by atoms with Gasteiger partial charge < -0.3 is 15.5 Å². The summed E-state index contributed by atoms with van der Waals surface area (Å²) < 4.78 is 0. The van der Waals surface area contributed by atoms with Crippen LogP contribution in [0.25, 0.3) is 0 Å². The molecule has 1 aliphatic heterocycles. The van der Waals surface area contributed by atoms with Crippen molar-refractivity contribution >= 4 is 17.5 Å². The number of hydrogen-bond acceptors (Lipinski definition) is 2. The summed E-state index contributed by atoms with van der Waals surface area (Å²) in [6.07, 6.45) is 1.78. The highest BCUT2D eigenvalue weighted by Crippen LogP contribution is 2.22. The van der Waals surface area contributed by atoms with Gasteiger partial charge in [-0.1, -0.05) is 32.0 Å². The Morgan fingerprint density at radius 2 is 1.95 bits per heavy atom. The SMILES string of the molecule is CCc1cccc(CC)c1NC(=O)C[NH+]1CCNC(=O)C1. The van der Waals surface area contributed by atoms with E-state index in [2.05, 4.69) is 36.6 Å². The van der Waals surface area contributed by atoms with Crippen molar-refractivity contribution in [2.24, 2.45) is 0 Å². The maximum absolute atomic E-state index is 12.3. The third-order valence-electron chi connectivity index (χ3n) is 3.89. The fraction of sp³-hybridized carbons (Fsp3) is 0.500. The zero-order valence-corrected chi connectivity index (χ0v) is 12.8. The second kappa shape index (κ2) is 7.22. The van der Waals surface area contributed by atoms with Crippen molar-refractivity contribution in [2.75, 3.05) is 31.5 Å². The summed E-state index contributed by atoms with van der Waals surface area (Å²) in [7, 11) is 0. The molecule has 1 unspecified atom stereocenters. The average molecular weight is 290 g/mol. The number of amides is 2. The fourth-order valence-corrected chi connectivity index (χ4v) is 2.72. The molecule has 1 aromatic carbocycles. The van der Waals surface area contributed by atoms with Crippen molar-refractivity contribution in [3.05, 3.63) is 29.3 Å². The number of para-hydroxylation sites is 1. The van der Waals surface area contributed by atoms with Gasteiger partial charge in [0, 0.05) is 5.69 Å². The first-order valence-electron chi connectivity index (χ1n) is 7.64. The number of nitrogens with one attached hydrogen (secondary N) is 3. The van der Waals surface area contributed by atoms with Crippen LogP contribution in [-0.2, 0) is 22.4 Å². The molecule has 1 aromatic rings. The van der Waals surface area contributed by atoms with E-state index in [1.165, 1.54) is 0 Å². The number of benzene rings is 1. The molecule has 1 aliphatic rings. The molecule has 1 atom stereocenters. The van der Waals surface area contributed by atoms with Gasteiger partial charge in [-0.05, 0) is 24.0 Å². The third kappa shape index (κ3) is 4.04. The van der Waals surface area contributed by atoms with Gasteiger partial charge in [-0.15, -0.1) is 0 Å². The van der Waals surface area contributed by atoms with E-state index in [4.69, 9.17) is 0 Å². The van der Waals surface area contributed by atoms with E-state index in [0.717, 1.165) is 41.1 Å². The van der Waals surface area contributed by atoms with Crippen LogP contribution in [0, 0.1) is 0 Å². The Hall–Kier alpha value is -1.88. The number of aryl methyl sites for hydroxylation is 2. The van der Waals surface area contributed by atoms with Crippen LogP contribution in [0.4, 0.5) is 5.69 Å². The van der Waals surface area contributed by atoms with Crippen molar-refractivity contribution in [1.29, 1.82) is 0 Å². The Labute approximate surface area is 125 Å². The number of carbonyl (C=O) groups is 2. The molecule has 0 spiro atoms. The van der Waals surface area contributed by atoms with Crippen LogP contribution in [0.15, 0.2) is 18.2 Å². The molecule has 2 amide bonds. The second-order valence-corrected chi connectivity index (χ2v) is 5.41. The molecule has 0 radical (unpaired) electrons. The van der Waals surface area contributed by atoms with Crippen molar-refractivity contribution in [3.63, 3.8) is 0 Å². The average Bonchev–Trinajstić information content (AvgIpc) is 2.47.